The molecule has 29 heavy (non-hydrogen) atoms. The van der Waals surface area contributed by atoms with Crippen LogP contribution in [0.25, 0.3) is 10.9 Å². The number of hydrogen-bond acceptors (Lipinski definition) is 4. The van der Waals surface area contributed by atoms with Gasteiger partial charge in [0.25, 0.3) is 5.56 Å². The molecule has 0 radical (unpaired) electrons. The van der Waals surface area contributed by atoms with Crippen molar-refractivity contribution >= 4 is 34.1 Å². The van der Waals surface area contributed by atoms with Crippen molar-refractivity contribution in [1.29, 1.82) is 0 Å². The fraction of sp³-hybridized carbons (Fsp3) is 0.211. The molecule has 10 heteroatoms. The lowest BCUT2D eigenvalue weighted by molar-refractivity contribution is -0.153. The maximum Gasteiger partial charge on any atom is 0.422 e. The van der Waals surface area contributed by atoms with Crippen LogP contribution in [0.15, 0.2) is 47.5 Å². The highest BCUT2D eigenvalue weighted by molar-refractivity contribution is 6.31. The van der Waals surface area contributed by atoms with Crippen LogP contribution in [0.1, 0.15) is 5.56 Å². The van der Waals surface area contributed by atoms with Gasteiger partial charge in [-0.1, -0.05) is 23.7 Å². The molecule has 0 spiro atoms. The average molecular weight is 426 g/mol. The van der Waals surface area contributed by atoms with Gasteiger partial charge < -0.3 is 10.1 Å². The van der Waals surface area contributed by atoms with Crippen molar-refractivity contribution in [2.75, 3.05) is 11.9 Å². The summed E-state index contributed by atoms with van der Waals surface area (Å²) in [6, 6.07) is 8.94. The highest BCUT2D eigenvalue weighted by Crippen LogP contribution is 2.29. The number of aryl methyl sites for hydroxylation is 1. The first-order valence-corrected chi connectivity index (χ1v) is 8.75. The number of carbonyl (C=O) groups is 1. The van der Waals surface area contributed by atoms with E-state index in [0.717, 1.165) is 10.1 Å². The number of nitrogens with zero attached hydrogens (tertiary/aromatic N) is 2. The number of amides is 1. The molecule has 152 valence electrons. The minimum absolute atomic E-state index is 0.0376. The zero-order valence-corrected chi connectivity index (χ0v) is 15.8. The maximum absolute atomic E-state index is 12.6. The first-order valence-electron chi connectivity index (χ1n) is 8.38. The van der Waals surface area contributed by atoms with Crippen LogP contribution in [0.4, 0.5) is 18.9 Å². The summed E-state index contributed by atoms with van der Waals surface area (Å²) in [5.74, 6) is -0.847. The van der Waals surface area contributed by atoms with E-state index in [-0.39, 0.29) is 23.0 Å². The predicted octanol–water partition coefficient (Wildman–Crippen LogP) is 3.94. The Bertz CT molecular complexity index is 1130. The number of nitrogens with one attached hydrogen (secondary N) is 1. The largest absolute Gasteiger partial charge is 0.482 e. The van der Waals surface area contributed by atoms with E-state index in [2.05, 4.69) is 10.3 Å². The standard InChI is InChI=1S/C19H15ClF3N3O3/c1-11-3-2-4-13-17(11)24-10-26(18(13)28)8-16(27)25-14-7-12(20)5-6-15(14)29-9-19(21,22)23/h2-7,10H,8-9H2,1H3,(H,25,27). The quantitative estimate of drug-likeness (QED) is 0.672. The molecule has 0 bridgehead atoms. The lowest BCUT2D eigenvalue weighted by Crippen LogP contribution is -2.28. The van der Waals surface area contributed by atoms with Gasteiger partial charge in [-0.25, -0.2) is 4.98 Å². The van der Waals surface area contributed by atoms with Crippen LogP contribution in [0.2, 0.25) is 5.02 Å². The number of carbonyl (C=O) groups excluding carboxylic acids is 1. The van der Waals surface area contributed by atoms with Crippen molar-refractivity contribution in [3.8, 4) is 5.75 Å². The van der Waals surface area contributed by atoms with E-state index >= 15 is 0 Å². The molecule has 3 rings (SSSR count). The number of rotatable bonds is 5. The molecule has 0 aliphatic carbocycles. The summed E-state index contributed by atoms with van der Waals surface area (Å²) in [6.45, 7) is -0.0979. The molecule has 1 N–H and O–H groups in total. The minimum atomic E-state index is -4.54. The van der Waals surface area contributed by atoms with E-state index in [1.54, 1.807) is 12.1 Å². The van der Waals surface area contributed by atoms with E-state index in [4.69, 9.17) is 16.3 Å². The van der Waals surface area contributed by atoms with Gasteiger partial charge in [-0.15, -0.1) is 0 Å². The number of benzene rings is 2. The number of para-hydroxylation sites is 1. The van der Waals surface area contributed by atoms with Crippen molar-refractivity contribution < 1.29 is 22.7 Å². The third-order valence-electron chi connectivity index (χ3n) is 3.98. The maximum atomic E-state index is 12.6. The van der Waals surface area contributed by atoms with Gasteiger partial charge in [-0.2, -0.15) is 13.2 Å². The average Bonchev–Trinajstić information content (AvgIpc) is 2.63. The molecule has 0 saturated heterocycles. The lowest BCUT2D eigenvalue weighted by Gasteiger charge is -2.14. The number of aromatic nitrogens is 2. The number of halogens is 4. The third kappa shape index (κ3) is 5.05. The molecule has 1 amide bonds. The summed E-state index contributed by atoms with van der Waals surface area (Å²) in [5.41, 5.74) is 0.909. The number of fused-ring (bicyclic) bond motifs is 1. The Hall–Kier alpha value is -3.07. The van der Waals surface area contributed by atoms with E-state index in [9.17, 15) is 22.8 Å². The molecule has 0 aliphatic rings. The minimum Gasteiger partial charge on any atom is -0.482 e. The molecule has 0 aliphatic heterocycles. The van der Waals surface area contributed by atoms with Gasteiger partial charge in [-0.05, 0) is 36.8 Å². The van der Waals surface area contributed by atoms with E-state index < -0.39 is 24.2 Å². The van der Waals surface area contributed by atoms with Gasteiger partial charge in [-0.3, -0.25) is 14.2 Å². The van der Waals surface area contributed by atoms with Crippen molar-refractivity contribution in [3.63, 3.8) is 0 Å². The van der Waals surface area contributed by atoms with Crippen LogP contribution < -0.4 is 15.6 Å². The Labute approximate surface area is 167 Å². The molecule has 0 fully saturated rings. The van der Waals surface area contributed by atoms with Gasteiger partial charge in [0.2, 0.25) is 5.91 Å². The number of anilines is 1. The van der Waals surface area contributed by atoms with E-state index in [1.165, 1.54) is 24.5 Å². The Morgan fingerprint density at radius 1 is 1.28 bits per heavy atom. The van der Waals surface area contributed by atoms with Gasteiger partial charge in [0.15, 0.2) is 6.61 Å². The van der Waals surface area contributed by atoms with Crippen LogP contribution >= 0.6 is 11.6 Å². The predicted molar refractivity (Wildman–Crippen MR) is 102 cm³/mol. The fourth-order valence-electron chi connectivity index (χ4n) is 2.68. The summed E-state index contributed by atoms with van der Waals surface area (Å²) in [6.07, 6.45) is -3.29. The van der Waals surface area contributed by atoms with Gasteiger partial charge >= 0.3 is 6.18 Å². The summed E-state index contributed by atoms with van der Waals surface area (Å²) in [7, 11) is 0. The summed E-state index contributed by atoms with van der Waals surface area (Å²) in [4.78, 5) is 29.2. The second kappa shape index (κ2) is 8.12. The zero-order valence-electron chi connectivity index (χ0n) is 15.1. The Balaban J connectivity index is 1.81. The number of hydrogen-bond donors (Lipinski definition) is 1. The van der Waals surface area contributed by atoms with Gasteiger partial charge in [0.05, 0.1) is 22.9 Å². The normalized spacial score (nSPS) is 11.5. The second-order valence-corrected chi connectivity index (χ2v) is 6.68. The Morgan fingerprint density at radius 2 is 2.03 bits per heavy atom. The molecule has 0 unspecified atom stereocenters. The van der Waals surface area contributed by atoms with Gasteiger partial charge in [0, 0.05) is 5.02 Å². The first-order chi connectivity index (χ1) is 13.6. The van der Waals surface area contributed by atoms with Crippen LogP contribution in [-0.2, 0) is 11.3 Å². The molecule has 1 aromatic heterocycles. The molecular weight excluding hydrogens is 411 g/mol. The molecule has 0 atom stereocenters. The molecule has 1 heterocycles. The zero-order chi connectivity index (χ0) is 21.2. The topological polar surface area (TPSA) is 73.2 Å². The van der Waals surface area contributed by atoms with Crippen LogP contribution in [0.5, 0.6) is 5.75 Å². The lowest BCUT2D eigenvalue weighted by atomic mass is 10.1. The van der Waals surface area contributed by atoms with Gasteiger partial charge in [0.1, 0.15) is 12.3 Å². The summed E-state index contributed by atoms with van der Waals surface area (Å²) in [5, 5.41) is 2.97. The number of alkyl halides is 3. The second-order valence-electron chi connectivity index (χ2n) is 6.24. The smallest absolute Gasteiger partial charge is 0.422 e. The van der Waals surface area contributed by atoms with Crippen LogP contribution in [0.3, 0.4) is 0 Å². The molecular formula is C19H15ClF3N3O3. The summed E-state index contributed by atoms with van der Waals surface area (Å²) < 4.78 is 43.1. The molecule has 0 saturated carbocycles. The monoisotopic (exact) mass is 425 g/mol. The SMILES string of the molecule is Cc1cccc2c(=O)n(CC(=O)Nc3cc(Cl)ccc3OCC(F)(F)F)cnc12. The molecule has 6 nitrogen and oxygen atoms in total. The van der Waals surface area contributed by atoms with Crippen molar-refractivity contribution in [2.45, 2.75) is 19.6 Å². The highest BCUT2D eigenvalue weighted by Gasteiger charge is 2.29. The Kier molecular flexibility index (Phi) is 5.78. The molecule has 2 aromatic carbocycles. The first kappa shape index (κ1) is 20.7. The van der Waals surface area contributed by atoms with E-state index in [1.807, 2.05) is 13.0 Å². The third-order valence-corrected chi connectivity index (χ3v) is 4.21. The van der Waals surface area contributed by atoms with E-state index in [0.29, 0.717) is 10.9 Å². The van der Waals surface area contributed by atoms with Crippen molar-refractivity contribution in [1.82, 2.24) is 9.55 Å². The molecule has 3 aromatic rings. The Morgan fingerprint density at radius 3 is 2.76 bits per heavy atom. The summed E-state index contributed by atoms with van der Waals surface area (Å²) >= 11 is 5.86. The van der Waals surface area contributed by atoms with Crippen molar-refractivity contribution in [2.24, 2.45) is 0 Å². The van der Waals surface area contributed by atoms with Crippen molar-refractivity contribution in [3.05, 3.63) is 63.7 Å². The number of ether oxygens (including phenoxy) is 1. The van der Waals surface area contributed by atoms with Crippen LogP contribution in [0, 0.1) is 6.92 Å². The highest BCUT2D eigenvalue weighted by atomic mass is 35.5. The van der Waals surface area contributed by atoms with Crippen LogP contribution in [-0.4, -0.2) is 28.2 Å². The fourth-order valence-corrected chi connectivity index (χ4v) is 2.85.